The van der Waals surface area contributed by atoms with E-state index in [1.165, 1.54) is 28.8 Å². The van der Waals surface area contributed by atoms with Gasteiger partial charge in [0.05, 0.1) is 9.82 Å². The highest BCUT2D eigenvalue weighted by Gasteiger charge is 2.33. The maximum Gasteiger partial charge on any atom is 0.293 e. The number of sulfonamides is 1. The van der Waals surface area contributed by atoms with Crippen molar-refractivity contribution in [1.82, 2.24) is 14.5 Å². The maximum absolute atomic E-state index is 13.5. The zero-order valence-electron chi connectivity index (χ0n) is 33.0. The molecule has 2 aliphatic rings. The largest absolute Gasteiger partial charge is 0.376 e. The number of carbonyl (C=O) groups excluding carboxylic acids is 1. The van der Waals surface area contributed by atoms with E-state index in [0.717, 1.165) is 67.8 Å². The molecule has 0 bridgehead atoms. The van der Waals surface area contributed by atoms with Crippen LogP contribution in [0, 0.1) is 10.1 Å². The summed E-state index contributed by atoms with van der Waals surface area (Å²) in [5.41, 5.74) is 5.90. The molecule has 15 heteroatoms. The molecule has 0 aromatic heterocycles. The number of halogens is 2. The molecule has 7 rings (SSSR count). The number of thioether (sulfide) groups is 1. The third kappa shape index (κ3) is 11.4. The van der Waals surface area contributed by atoms with E-state index in [1.807, 2.05) is 61.5 Å². The Bertz CT molecular complexity index is 2320. The van der Waals surface area contributed by atoms with Crippen molar-refractivity contribution in [3.63, 3.8) is 0 Å². The van der Waals surface area contributed by atoms with Crippen molar-refractivity contribution in [1.29, 1.82) is 0 Å². The van der Waals surface area contributed by atoms with Crippen molar-refractivity contribution in [3.05, 3.63) is 148 Å². The second kappa shape index (κ2) is 20.6. The first-order chi connectivity index (χ1) is 27.5. The fourth-order valence-electron chi connectivity index (χ4n) is 7.69. The van der Waals surface area contributed by atoms with E-state index in [9.17, 15) is 23.3 Å². The first-order valence-electron chi connectivity index (χ1n) is 19.2. The lowest BCUT2D eigenvalue weighted by molar-refractivity contribution is -0.384. The van der Waals surface area contributed by atoms with Crippen LogP contribution in [0.5, 0.6) is 0 Å². The number of carbonyl (C=O) groups is 1. The summed E-state index contributed by atoms with van der Waals surface area (Å²) >= 11 is 1.64. The highest BCUT2D eigenvalue weighted by molar-refractivity contribution is 7.99. The lowest BCUT2D eigenvalue weighted by Gasteiger charge is -2.46. The van der Waals surface area contributed by atoms with Gasteiger partial charge in [0.25, 0.3) is 21.6 Å². The molecule has 2 heterocycles. The zero-order valence-corrected chi connectivity index (χ0v) is 36.3. The average Bonchev–Trinajstić information content (AvgIpc) is 3.22. The first-order valence-corrected chi connectivity index (χ1v) is 21.7. The van der Waals surface area contributed by atoms with Gasteiger partial charge in [-0.05, 0) is 105 Å². The molecule has 0 spiro atoms. The van der Waals surface area contributed by atoms with Gasteiger partial charge < -0.3 is 15.1 Å². The number of amides is 1. The van der Waals surface area contributed by atoms with Crippen LogP contribution < -0.4 is 14.9 Å². The Hall–Kier alpha value is -4.63. The number of hydrogen-bond acceptors (Lipinski definition) is 10. The van der Waals surface area contributed by atoms with Gasteiger partial charge in [-0.15, -0.1) is 36.6 Å². The summed E-state index contributed by atoms with van der Waals surface area (Å²) in [6, 6.07) is 38.2. The van der Waals surface area contributed by atoms with Gasteiger partial charge in [-0.3, -0.25) is 19.8 Å². The minimum Gasteiger partial charge on any atom is -0.376 e. The Labute approximate surface area is 363 Å². The van der Waals surface area contributed by atoms with E-state index in [2.05, 4.69) is 68.4 Å². The second-order valence-electron chi connectivity index (χ2n) is 14.9. The summed E-state index contributed by atoms with van der Waals surface area (Å²) in [4.78, 5) is 32.8. The van der Waals surface area contributed by atoms with Crippen LogP contribution in [-0.4, -0.2) is 87.2 Å². The van der Waals surface area contributed by atoms with Gasteiger partial charge in [-0.25, -0.2) is 13.1 Å². The molecular formula is C44H50Cl2N6O5S2. The van der Waals surface area contributed by atoms with Crippen LogP contribution >= 0.6 is 36.6 Å². The van der Waals surface area contributed by atoms with Crippen molar-refractivity contribution in [2.75, 3.05) is 56.2 Å². The number of rotatable bonds is 15. The number of nitro benzene ring substituents is 1. The minimum absolute atomic E-state index is 0. The highest BCUT2D eigenvalue weighted by Crippen LogP contribution is 2.35. The zero-order chi connectivity index (χ0) is 39.9. The molecule has 0 unspecified atom stereocenters. The van der Waals surface area contributed by atoms with Gasteiger partial charge in [-0.2, -0.15) is 0 Å². The number of fused-ring (bicyclic) bond motifs is 3. The molecule has 312 valence electrons. The fraction of sp³-hybridized carbons (Fsp3) is 0.295. The van der Waals surface area contributed by atoms with E-state index in [1.54, 1.807) is 23.9 Å². The number of nitrogens with zero attached hydrogens (tertiary/aromatic N) is 4. The van der Waals surface area contributed by atoms with E-state index >= 15 is 0 Å². The third-order valence-electron chi connectivity index (χ3n) is 10.6. The smallest absolute Gasteiger partial charge is 0.293 e. The van der Waals surface area contributed by atoms with Crippen molar-refractivity contribution in [2.45, 2.75) is 47.7 Å². The summed E-state index contributed by atoms with van der Waals surface area (Å²) in [5, 5.41) is 15.5. The first kappa shape index (κ1) is 45.5. The Kier molecular flexibility index (Phi) is 15.8. The van der Waals surface area contributed by atoms with Gasteiger partial charge in [-0.1, -0.05) is 72.8 Å². The number of nitrogens with one attached hydrogen (secondary N) is 2. The van der Waals surface area contributed by atoms with E-state index in [0.29, 0.717) is 18.2 Å². The standard InChI is InChI=1S/C44H48N6O5S2.2ClH/c1-47(2)24-23-36(31-56-38-14-7-4-8-15-38)45-41-21-20-39(28-43(41)50(52)53)57(54,55)46-44(51)34-18-22-42-33(27-34)17-19-37-30-48(25-26-49(37)42)29-35-13-9-10-16-40(35)32-11-5-3-6-12-32;;/h3-16,18,20-22,27-28,36-37,45H,17,19,23-26,29-31H2,1-2H3,(H,46,51);2*1H/t36-,37+;;/m1../s1. The Morgan fingerprint density at radius 1 is 0.915 bits per heavy atom. The SMILES string of the molecule is CN(C)CC[C@H](CSc1ccccc1)Nc1ccc(S(=O)(=O)NC(=O)c2ccc3c(c2)CC[C@H]2CN(Cc4ccccc4-c4ccccc4)CCN32)cc1[N+](=O)[O-].Cl.Cl. The van der Waals surface area contributed by atoms with Crippen molar-refractivity contribution < 1.29 is 18.1 Å². The molecule has 1 amide bonds. The van der Waals surface area contributed by atoms with Gasteiger partial charge in [0.15, 0.2) is 0 Å². The summed E-state index contributed by atoms with van der Waals surface area (Å²) in [6.45, 7) is 4.28. The van der Waals surface area contributed by atoms with Gasteiger partial charge >= 0.3 is 0 Å². The third-order valence-corrected chi connectivity index (χ3v) is 13.1. The lowest BCUT2D eigenvalue weighted by atomic mass is 9.92. The van der Waals surface area contributed by atoms with Crippen LogP contribution in [0.3, 0.4) is 0 Å². The number of piperazine rings is 1. The van der Waals surface area contributed by atoms with Crippen molar-refractivity contribution in [3.8, 4) is 11.1 Å². The monoisotopic (exact) mass is 876 g/mol. The molecule has 11 nitrogen and oxygen atoms in total. The molecule has 0 radical (unpaired) electrons. The Morgan fingerprint density at radius 3 is 2.36 bits per heavy atom. The maximum atomic E-state index is 13.5. The van der Waals surface area contributed by atoms with Crippen molar-refractivity contribution >= 4 is 69.6 Å². The minimum atomic E-state index is -4.43. The number of benzene rings is 5. The van der Waals surface area contributed by atoms with Gasteiger partial charge in [0, 0.05) is 66.2 Å². The summed E-state index contributed by atoms with van der Waals surface area (Å²) < 4.78 is 29.2. The number of hydrogen-bond donors (Lipinski definition) is 2. The van der Waals surface area contributed by atoms with Crippen LogP contribution in [0.2, 0.25) is 0 Å². The van der Waals surface area contributed by atoms with Crippen LogP contribution in [0.1, 0.15) is 34.3 Å². The molecule has 1 fully saturated rings. The molecule has 2 N–H and O–H groups in total. The quantitative estimate of drug-likeness (QED) is 0.0602. The molecule has 5 aromatic carbocycles. The predicted molar refractivity (Wildman–Crippen MR) is 243 cm³/mol. The molecule has 2 aliphatic heterocycles. The van der Waals surface area contributed by atoms with Crippen LogP contribution in [0.4, 0.5) is 17.1 Å². The van der Waals surface area contributed by atoms with Crippen LogP contribution in [0.15, 0.2) is 131 Å². The molecule has 59 heavy (non-hydrogen) atoms. The second-order valence-corrected chi connectivity index (χ2v) is 17.7. The topological polar surface area (TPSA) is 128 Å². The molecule has 2 atom stereocenters. The highest BCUT2D eigenvalue weighted by atomic mass is 35.5. The Balaban J connectivity index is 0.00000331. The van der Waals surface area contributed by atoms with E-state index in [-0.39, 0.29) is 52.7 Å². The molecule has 0 saturated carbocycles. The number of aryl methyl sites for hydroxylation is 1. The lowest BCUT2D eigenvalue weighted by Crippen LogP contribution is -2.54. The summed E-state index contributed by atoms with van der Waals surface area (Å²) in [5.74, 6) is -0.138. The molecule has 1 saturated heterocycles. The van der Waals surface area contributed by atoms with Crippen LogP contribution in [0.25, 0.3) is 11.1 Å². The van der Waals surface area contributed by atoms with Crippen LogP contribution in [-0.2, 0) is 23.0 Å². The summed E-state index contributed by atoms with van der Waals surface area (Å²) in [7, 11) is -0.497. The molecule has 5 aromatic rings. The fourth-order valence-corrected chi connectivity index (χ4v) is 9.68. The summed E-state index contributed by atoms with van der Waals surface area (Å²) in [6.07, 6.45) is 2.39. The number of nitro groups is 1. The number of anilines is 2. The predicted octanol–water partition coefficient (Wildman–Crippen LogP) is 8.39. The Morgan fingerprint density at radius 2 is 1.63 bits per heavy atom. The average molecular weight is 878 g/mol. The van der Waals surface area contributed by atoms with E-state index in [4.69, 9.17) is 0 Å². The van der Waals surface area contributed by atoms with E-state index < -0.39 is 20.9 Å². The molecule has 0 aliphatic carbocycles. The molecular weight excluding hydrogens is 828 g/mol. The normalized spacial score (nSPS) is 15.5. The van der Waals surface area contributed by atoms with Gasteiger partial charge in [0.1, 0.15) is 5.69 Å². The van der Waals surface area contributed by atoms with Gasteiger partial charge in [0.2, 0.25) is 0 Å². The van der Waals surface area contributed by atoms with Crippen molar-refractivity contribution in [2.24, 2.45) is 0 Å².